The summed E-state index contributed by atoms with van der Waals surface area (Å²) < 4.78 is 34.8. The Bertz CT molecular complexity index is 2950. The smallest absolute Gasteiger partial charge is 0.238 e. The molecule has 0 bridgehead atoms. The van der Waals surface area contributed by atoms with Gasteiger partial charge in [0.15, 0.2) is 11.6 Å². The topological polar surface area (TPSA) is 48.5 Å². The van der Waals surface area contributed by atoms with Crippen LogP contribution in [0.2, 0.25) is 0 Å². The van der Waals surface area contributed by atoms with Crippen LogP contribution in [0.5, 0.6) is 0 Å². The average molecular weight is 676 g/mol. The number of hydrogen-bond acceptors (Lipinski definition) is 3. The van der Waals surface area contributed by atoms with Crippen molar-refractivity contribution < 1.29 is 8.78 Å². The van der Waals surface area contributed by atoms with Gasteiger partial charge in [-0.2, -0.15) is 9.97 Å². The molecule has 0 unspecified atom stereocenters. The number of nitrogens with zero attached hydrogens (tertiary/aromatic N) is 5. The van der Waals surface area contributed by atoms with Crippen LogP contribution in [0.15, 0.2) is 164 Å². The van der Waals surface area contributed by atoms with Crippen molar-refractivity contribution in [2.24, 2.45) is 0 Å². The molecule has 0 N–H and O–H groups in total. The minimum absolute atomic E-state index is 0.122. The molecule has 5 nitrogen and oxygen atoms in total. The fourth-order valence-corrected chi connectivity index (χ4v) is 7.41. The van der Waals surface area contributed by atoms with E-state index in [9.17, 15) is 0 Å². The van der Waals surface area contributed by atoms with Gasteiger partial charge in [-0.15, -0.1) is 0 Å². The molecule has 3 heterocycles. The van der Waals surface area contributed by atoms with E-state index >= 15 is 8.78 Å². The highest BCUT2D eigenvalue weighted by molar-refractivity contribution is 6.26. The summed E-state index contributed by atoms with van der Waals surface area (Å²) in [5, 5.41) is 3.66. The van der Waals surface area contributed by atoms with Gasteiger partial charge in [0.05, 0.1) is 22.1 Å². The van der Waals surface area contributed by atoms with Gasteiger partial charge in [-0.3, -0.25) is 4.57 Å². The molecule has 0 radical (unpaired) electrons. The Morgan fingerprint density at radius 3 is 1.56 bits per heavy atom. The van der Waals surface area contributed by atoms with Crippen LogP contribution in [-0.4, -0.2) is 24.1 Å². The fourth-order valence-electron chi connectivity index (χ4n) is 7.41. The molecule has 7 heteroatoms. The molecule has 0 aliphatic heterocycles. The molecule has 0 amide bonds. The van der Waals surface area contributed by atoms with Crippen LogP contribution in [0.3, 0.4) is 0 Å². The summed E-state index contributed by atoms with van der Waals surface area (Å²) in [6.07, 6.45) is 0. The predicted octanol–water partition coefficient (Wildman–Crippen LogP) is 11.3. The third-order valence-electron chi connectivity index (χ3n) is 9.74. The molecular formula is C45H27F2N5. The van der Waals surface area contributed by atoms with Crippen LogP contribution >= 0.6 is 0 Å². The zero-order valence-corrected chi connectivity index (χ0v) is 27.6. The lowest BCUT2D eigenvalue weighted by molar-refractivity contribution is 0.573. The Morgan fingerprint density at radius 2 is 0.885 bits per heavy atom. The monoisotopic (exact) mass is 675 g/mol. The lowest BCUT2D eigenvalue weighted by Crippen LogP contribution is -2.06. The van der Waals surface area contributed by atoms with E-state index < -0.39 is 11.6 Å². The van der Waals surface area contributed by atoms with Gasteiger partial charge in [0.1, 0.15) is 17.3 Å². The fraction of sp³-hybridized carbons (Fsp3) is 0. The number of hydrogen-bond donors (Lipinski definition) is 0. The lowest BCUT2D eigenvalue weighted by Gasteiger charge is -2.12. The number of rotatable bonds is 5. The highest BCUT2D eigenvalue weighted by Gasteiger charge is 2.24. The molecule has 0 spiro atoms. The van der Waals surface area contributed by atoms with Crippen molar-refractivity contribution in [1.82, 2.24) is 24.1 Å². The normalized spacial score (nSPS) is 11.7. The molecule has 0 aliphatic rings. The van der Waals surface area contributed by atoms with Crippen LogP contribution < -0.4 is 0 Å². The van der Waals surface area contributed by atoms with E-state index in [1.54, 1.807) is 4.57 Å². The molecule has 0 saturated heterocycles. The first kappa shape index (κ1) is 29.9. The van der Waals surface area contributed by atoms with Gasteiger partial charge in [-0.1, -0.05) is 133 Å². The quantitative estimate of drug-likeness (QED) is 0.182. The van der Waals surface area contributed by atoms with Crippen molar-refractivity contribution in [3.05, 3.63) is 175 Å². The third-order valence-corrected chi connectivity index (χ3v) is 9.74. The van der Waals surface area contributed by atoms with Gasteiger partial charge in [0.2, 0.25) is 5.95 Å². The van der Waals surface area contributed by atoms with Crippen LogP contribution in [0, 0.1) is 11.6 Å². The molecule has 0 fully saturated rings. The molecular weight excluding hydrogens is 649 g/mol. The maximum Gasteiger partial charge on any atom is 0.238 e. The largest absolute Gasteiger partial charge is 0.304 e. The van der Waals surface area contributed by atoms with Crippen LogP contribution in [0.1, 0.15) is 0 Å². The first-order valence-corrected chi connectivity index (χ1v) is 17.0. The van der Waals surface area contributed by atoms with Crippen LogP contribution in [0.4, 0.5) is 8.78 Å². The van der Waals surface area contributed by atoms with E-state index in [0.717, 1.165) is 54.8 Å². The SMILES string of the molecule is Fc1cccc(F)c1-n1c2ccccc2c2c1ccc1c3ccccc3n(-c3nc(-c4ccccc4)nc(-c4ccc(-c5ccccc5)cc4)n3)c12. The molecule has 52 heavy (non-hydrogen) atoms. The Morgan fingerprint density at radius 1 is 0.365 bits per heavy atom. The summed E-state index contributed by atoms with van der Waals surface area (Å²) in [7, 11) is 0. The van der Waals surface area contributed by atoms with Gasteiger partial charge in [-0.05, 0) is 41.5 Å². The zero-order valence-electron chi connectivity index (χ0n) is 27.6. The average Bonchev–Trinajstić information content (AvgIpc) is 3.71. The summed E-state index contributed by atoms with van der Waals surface area (Å²) in [6, 6.07) is 52.2. The summed E-state index contributed by atoms with van der Waals surface area (Å²) in [5.74, 6) is 0.204. The standard InChI is InChI=1S/C45H27F2N5/c46-35-18-11-19-36(47)42(35)51-38-21-10-8-17-34(38)40-39(51)27-26-33-32-16-7-9-20-37(32)52(41(33)40)45-49-43(30-14-5-2-6-15-30)48-44(50-45)31-24-22-29(23-25-31)28-12-3-1-4-13-28/h1-27H. The lowest BCUT2D eigenvalue weighted by atomic mass is 10.0. The molecule has 10 aromatic rings. The van der Waals surface area contributed by atoms with Crippen molar-refractivity contribution in [3.63, 3.8) is 0 Å². The third kappa shape index (κ3) is 4.63. The number of fused-ring (bicyclic) bond motifs is 7. The number of halogens is 2. The van der Waals surface area contributed by atoms with E-state index in [0.29, 0.717) is 28.6 Å². The maximum atomic E-state index is 15.5. The number of aromatic nitrogens is 5. The zero-order chi connectivity index (χ0) is 34.8. The van der Waals surface area contributed by atoms with E-state index in [1.807, 2.05) is 109 Å². The van der Waals surface area contributed by atoms with Gasteiger partial charge >= 0.3 is 0 Å². The molecule has 0 saturated carbocycles. The molecule has 10 rings (SSSR count). The van der Waals surface area contributed by atoms with Crippen molar-refractivity contribution in [3.8, 4) is 45.5 Å². The number of para-hydroxylation sites is 3. The second kappa shape index (κ2) is 11.8. The molecule has 3 aromatic heterocycles. The number of benzene rings is 7. The van der Waals surface area contributed by atoms with E-state index in [2.05, 4.69) is 41.0 Å². The molecule has 246 valence electrons. The van der Waals surface area contributed by atoms with Crippen LogP contribution in [-0.2, 0) is 0 Å². The van der Waals surface area contributed by atoms with Gasteiger partial charge in [-0.25, -0.2) is 13.8 Å². The van der Waals surface area contributed by atoms with Crippen molar-refractivity contribution in [2.75, 3.05) is 0 Å². The minimum Gasteiger partial charge on any atom is -0.304 e. The van der Waals surface area contributed by atoms with Crippen molar-refractivity contribution >= 4 is 43.6 Å². The van der Waals surface area contributed by atoms with E-state index in [4.69, 9.17) is 15.0 Å². The molecule has 0 aliphatic carbocycles. The first-order valence-electron chi connectivity index (χ1n) is 17.0. The maximum absolute atomic E-state index is 15.5. The Balaban J connectivity index is 1.30. The second-order valence-electron chi connectivity index (χ2n) is 12.7. The Labute approximate surface area is 296 Å². The van der Waals surface area contributed by atoms with Gasteiger partial charge in [0, 0.05) is 32.7 Å². The second-order valence-corrected chi connectivity index (χ2v) is 12.7. The van der Waals surface area contributed by atoms with Crippen molar-refractivity contribution in [2.45, 2.75) is 0 Å². The van der Waals surface area contributed by atoms with E-state index in [-0.39, 0.29) is 5.69 Å². The van der Waals surface area contributed by atoms with Gasteiger partial charge < -0.3 is 4.57 Å². The molecule has 0 atom stereocenters. The Hall–Kier alpha value is -6.99. The minimum atomic E-state index is -0.642. The Kier molecular flexibility index (Phi) is 6.79. The predicted molar refractivity (Wildman–Crippen MR) is 205 cm³/mol. The summed E-state index contributed by atoms with van der Waals surface area (Å²) in [6.45, 7) is 0. The molecule has 7 aromatic carbocycles. The first-order chi connectivity index (χ1) is 25.6. The summed E-state index contributed by atoms with van der Waals surface area (Å²) in [5.41, 5.74) is 6.87. The highest BCUT2D eigenvalue weighted by Crippen LogP contribution is 2.42. The summed E-state index contributed by atoms with van der Waals surface area (Å²) >= 11 is 0. The highest BCUT2D eigenvalue weighted by atomic mass is 19.1. The summed E-state index contributed by atoms with van der Waals surface area (Å²) in [4.78, 5) is 15.3. The van der Waals surface area contributed by atoms with Crippen molar-refractivity contribution in [1.29, 1.82) is 0 Å². The van der Waals surface area contributed by atoms with Gasteiger partial charge in [0.25, 0.3) is 0 Å². The van der Waals surface area contributed by atoms with Crippen LogP contribution in [0.25, 0.3) is 89.2 Å². The van der Waals surface area contributed by atoms with E-state index in [1.165, 1.54) is 18.2 Å².